The number of aromatic nitrogens is 2. The van der Waals surface area contributed by atoms with Gasteiger partial charge in [-0.25, -0.2) is 14.8 Å². The highest BCUT2D eigenvalue weighted by Crippen LogP contribution is 2.31. The first kappa shape index (κ1) is 17.7. The van der Waals surface area contributed by atoms with E-state index >= 15 is 0 Å². The summed E-state index contributed by atoms with van der Waals surface area (Å²) in [5, 5.41) is 8.53. The first-order chi connectivity index (χ1) is 9.79. The number of ether oxygens (including phenoxy) is 1. The van der Waals surface area contributed by atoms with Gasteiger partial charge in [0, 0.05) is 18.1 Å². The van der Waals surface area contributed by atoms with E-state index in [1.165, 1.54) is 0 Å². The Kier molecular flexibility index (Phi) is 6.41. The van der Waals surface area contributed by atoms with Gasteiger partial charge in [0.05, 0.1) is 6.61 Å². The van der Waals surface area contributed by atoms with Crippen LogP contribution in [0.2, 0.25) is 0 Å². The van der Waals surface area contributed by atoms with Crippen LogP contribution in [-0.4, -0.2) is 39.5 Å². The lowest BCUT2D eigenvalue weighted by Gasteiger charge is -2.13. The molecule has 1 aromatic rings. The summed E-state index contributed by atoms with van der Waals surface area (Å²) in [5.41, 5.74) is -0.111. The predicted molar refractivity (Wildman–Crippen MR) is 70.0 cm³/mol. The Morgan fingerprint density at radius 2 is 2.19 bits per heavy atom. The van der Waals surface area contributed by atoms with Crippen molar-refractivity contribution in [2.75, 3.05) is 13.2 Å². The van der Waals surface area contributed by atoms with Crippen molar-refractivity contribution in [3.63, 3.8) is 0 Å². The number of hydrogen-bond donors (Lipinski definition) is 1. The third kappa shape index (κ3) is 5.16. The number of esters is 1. The smallest absolute Gasteiger partial charge is 0.451 e. The van der Waals surface area contributed by atoms with Crippen LogP contribution in [0.15, 0.2) is 11.2 Å². The van der Waals surface area contributed by atoms with E-state index in [0.29, 0.717) is 6.42 Å². The average Bonchev–Trinajstić information content (AvgIpc) is 2.38. The third-order valence-electron chi connectivity index (χ3n) is 2.35. The lowest BCUT2D eigenvalue weighted by Crippen LogP contribution is -2.16. The number of aliphatic hydroxyl groups excluding tert-OH is 1. The van der Waals surface area contributed by atoms with Crippen LogP contribution in [0.3, 0.4) is 0 Å². The monoisotopic (exact) mass is 324 g/mol. The van der Waals surface area contributed by atoms with Crippen molar-refractivity contribution >= 4 is 17.7 Å². The Hall–Kier alpha value is -1.35. The molecule has 0 amide bonds. The summed E-state index contributed by atoms with van der Waals surface area (Å²) in [7, 11) is 0. The molecule has 0 saturated heterocycles. The third-order valence-corrected chi connectivity index (χ3v) is 3.52. The highest BCUT2D eigenvalue weighted by molar-refractivity contribution is 7.99. The van der Waals surface area contributed by atoms with E-state index in [2.05, 4.69) is 9.97 Å². The Balaban J connectivity index is 3.15. The summed E-state index contributed by atoms with van der Waals surface area (Å²) in [6.07, 6.45) is -3.51. The van der Waals surface area contributed by atoms with Gasteiger partial charge in [-0.1, -0.05) is 6.92 Å². The molecule has 0 aromatic carbocycles. The minimum absolute atomic E-state index is 0.0934. The van der Waals surface area contributed by atoms with Gasteiger partial charge in [-0.15, -0.1) is 11.8 Å². The number of nitrogens with zero attached hydrogens (tertiary/aromatic N) is 2. The fourth-order valence-corrected chi connectivity index (χ4v) is 2.38. The first-order valence-electron chi connectivity index (χ1n) is 6.18. The minimum Gasteiger partial charge on any atom is -0.462 e. The second-order valence-corrected chi connectivity index (χ2v) is 5.50. The van der Waals surface area contributed by atoms with E-state index < -0.39 is 18.0 Å². The van der Waals surface area contributed by atoms with Crippen molar-refractivity contribution in [2.24, 2.45) is 0 Å². The summed E-state index contributed by atoms with van der Waals surface area (Å²) >= 11 is 0.967. The van der Waals surface area contributed by atoms with Crippen molar-refractivity contribution in [1.82, 2.24) is 9.97 Å². The summed E-state index contributed by atoms with van der Waals surface area (Å²) in [5.74, 6) is -2.08. The molecule has 118 valence electrons. The second-order valence-electron chi connectivity index (χ2n) is 4.07. The zero-order valence-corrected chi connectivity index (χ0v) is 12.3. The van der Waals surface area contributed by atoms with E-state index in [1.807, 2.05) is 0 Å². The van der Waals surface area contributed by atoms with Gasteiger partial charge in [0.2, 0.25) is 5.82 Å². The summed E-state index contributed by atoms with van der Waals surface area (Å²) in [6, 6.07) is 0. The fraction of sp³-hybridized carbons (Fsp3) is 0.583. The summed E-state index contributed by atoms with van der Waals surface area (Å²) in [6.45, 7) is 3.28. The summed E-state index contributed by atoms with van der Waals surface area (Å²) < 4.78 is 42.7. The molecule has 5 nitrogen and oxygen atoms in total. The van der Waals surface area contributed by atoms with Gasteiger partial charge in [0.1, 0.15) is 10.6 Å². The quantitative estimate of drug-likeness (QED) is 0.492. The molecule has 1 atom stereocenters. The van der Waals surface area contributed by atoms with Gasteiger partial charge in [-0.05, 0) is 13.3 Å². The molecule has 0 aliphatic heterocycles. The number of halogens is 3. The van der Waals surface area contributed by atoms with Gasteiger partial charge in [-0.2, -0.15) is 13.2 Å². The van der Waals surface area contributed by atoms with Crippen LogP contribution < -0.4 is 0 Å². The molecule has 21 heavy (non-hydrogen) atoms. The Morgan fingerprint density at radius 1 is 1.52 bits per heavy atom. The van der Waals surface area contributed by atoms with Crippen molar-refractivity contribution < 1.29 is 27.8 Å². The maximum absolute atomic E-state index is 12.6. The molecule has 1 aromatic heterocycles. The van der Waals surface area contributed by atoms with Gasteiger partial charge in [-0.3, -0.25) is 0 Å². The molecule has 0 bridgehead atoms. The van der Waals surface area contributed by atoms with E-state index in [0.717, 1.165) is 18.0 Å². The van der Waals surface area contributed by atoms with Crippen molar-refractivity contribution in [2.45, 2.75) is 36.7 Å². The van der Waals surface area contributed by atoms with Gasteiger partial charge in [0.25, 0.3) is 0 Å². The van der Waals surface area contributed by atoms with E-state index in [9.17, 15) is 18.0 Å². The lowest BCUT2D eigenvalue weighted by atomic mass is 10.3. The minimum atomic E-state index is -4.69. The molecule has 0 saturated carbocycles. The zero-order valence-electron chi connectivity index (χ0n) is 11.5. The predicted octanol–water partition coefficient (Wildman–Crippen LogP) is 2.54. The Bertz CT molecular complexity index is 497. The number of carbonyl (C=O) groups is 1. The number of thioether (sulfide) groups is 1. The number of hydrogen-bond acceptors (Lipinski definition) is 6. The van der Waals surface area contributed by atoms with Crippen LogP contribution in [0.1, 0.15) is 36.5 Å². The second kappa shape index (κ2) is 7.60. The van der Waals surface area contributed by atoms with Crippen LogP contribution in [0.25, 0.3) is 0 Å². The van der Waals surface area contributed by atoms with Gasteiger partial charge < -0.3 is 9.84 Å². The van der Waals surface area contributed by atoms with Crippen molar-refractivity contribution in [1.29, 1.82) is 0 Å². The number of aliphatic hydroxyl groups is 1. The van der Waals surface area contributed by atoms with Crippen LogP contribution in [0.4, 0.5) is 13.2 Å². The molecule has 1 unspecified atom stereocenters. The van der Waals surface area contributed by atoms with Crippen LogP contribution in [0, 0.1) is 0 Å². The van der Waals surface area contributed by atoms with Gasteiger partial charge >= 0.3 is 12.1 Å². The fourth-order valence-electron chi connectivity index (χ4n) is 1.37. The first-order valence-corrected chi connectivity index (χ1v) is 7.06. The maximum Gasteiger partial charge on any atom is 0.451 e. The topological polar surface area (TPSA) is 72.3 Å². The molecule has 0 fully saturated rings. The van der Waals surface area contributed by atoms with E-state index in [-0.39, 0.29) is 29.1 Å². The highest BCUT2D eigenvalue weighted by Gasteiger charge is 2.36. The standard InChI is InChI=1S/C12H15F3N2O3S/c1-3-20-10(19)8-6-16-11(12(13,14)15)17-9(8)21-7(2)4-5-18/h6-7,18H,3-5H2,1-2H3. The van der Waals surface area contributed by atoms with E-state index in [4.69, 9.17) is 9.84 Å². The van der Waals surface area contributed by atoms with Crippen molar-refractivity contribution in [3.05, 3.63) is 17.6 Å². The van der Waals surface area contributed by atoms with Gasteiger partial charge in [0.15, 0.2) is 0 Å². The largest absolute Gasteiger partial charge is 0.462 e. The molecular formula is C12H15F3N2O3S. The van der Waals surface area contributed by atoms with Crippen LogP contribution >= 0.6 is 11.8 Å². The molecular weight excluding hydrogens is 309 g/mol. The average molecular weight is 324 g/mol. The number of rotatable bonds is 6. The highest BCUT2D eigenvalue weighted by atomic mass is 32.2. The Labute approximate surface area is 123 Å². The Morgan fingerprint density at radius 3 is 2.71 bits per heavy atom. The SMILES string of the molecule is CCOC(=O)c1cnc(C(F)(F)F)nc1SC(C)CCO. The molecule has 0 aliphatic rings. The van der Waals surface area contributed by atoms with E-state index in [1.54, 1.807) is 13.8 Å². The van der Waals surface area contributed by atoms with Crippen molar-refractivity contribution in [3.8, 4) is 0 Å². The lowest BCUT2D eigenvalue weighted by molar-refractivity contribution is -0.145. The molecule has 1 heterocycles. The van der Waals surface area contributed by atoms with Crippen LogP contribution in [0.5, 0.6) is 0 Å². The molecule has 0 aliphatic carbocycles. The molecule has 1 rings (SSSR count). The number of alkyl halides is 3. The van der Waals surface area contributed by atoms with Crippen LogP contribution in [-0.2, 0) is 10.9 Å². The normalized spacial score (nSPS) is 13.0. The zero-order chi connectivity index (χ0) is 16.0. The summed E-state index contributed by atoms with van der Waals surface area (Å²) in [4.78, 5) is 18.3. The number of carbonyl (C=O) groups excluding carboxylic acids is 1. The molecule has 9 heteroatoms. The molecule has 1 N–H and O–H groups in total. The molecule has 0 spiro atoms. The maximum atomic E-state index is 12.6. The molecule has 0 radical (unpaired) electrons.